The van der Waals surface area contributed by atoms with Crippen LogP contribution in [0.4, 0.5) is 0 Å². The summed E-state index contributed by atoms with van der Waals surface area (Å²) in [6, 6.07) is 0. The fourth-order valence-electron chi connectivity index (χ4n) is 1.15. The van der Waals surface area contributed by atoms with Crippen LogP contribution in [-0.2, 0) is 10.3 Å². The largest absolute Gasteiger partial charge is 0.382 e. The molecule has 1 rings (SSSR count). The van der Waals surface area contributed by atoms with Gasteiger partial charge in [-0.1, -0.05) is 11.6 Å². The van der Waals surface area contributed by atoms with Gasteiger partial charge in [-0.3, -0.25) is 0 Å². The summed E-state index contributed by atoms with van der Waals surface area (Å²) in [5.74, 6) is 0. The number of hydrogen-bond acceptors (Lipinski definition) is 2. The average Bonchev–Trinajstić information content (AvgIpc) is 2.33. The van der Waals surface area contributed by atoms with Gasteiger partial charge in [0.15, 0.2) is 0 Å². The summed E-state index contributed by atoms with van der Waals surface area (Å²) in [6.07, 6.45) is 1.65. The number of halogens is 2. The quantitative estimate of drug-likeness (QED) is 0.802. The van der Waals surface area contributed by atoms with E-state index in [0.717, 1.165) is 3.70 Å². The molecular weight excluding hydrogens is 302 g/mol. The van der Waals surface area contributed by atoms with Crippen molar-refractivity contribution in [2.45, 2.75) is 19.4 Å². The van der Waals surface area contributed by atoms with Gasteiger partial charge in [0, 0.05) is 7.11 Å². The molecule has 5 heteroatoms. The summed E-state index contributed by atoms with van der Waals surface area (Å²) in [7, 11) is 1.68. The van der Waals surface area contributed by atoms with Crippen LogP contribution in [-0.4, -0.2) is 23.5 Å². The fourth-order valence-corrected chi connectivity index (χ4v) is 2.19. The highest BCUT2D eigenvalue weighted by Crippen LogP contribution is 2.24. The SMILES string of the molecule is COCC(C)(C)n1ncc(Cl)c1I. The monoisotopic (exact) mass is 314 g/mol. The van der Waals surface area contributed by atoms with Crippen LogP contribution in [0.15, 0.2) is 6.20 Å². The Balaban J connectivity index is 2.99. The Hall–Kier alpha value is 0.190. The molecule has 0 amide bonds. The molecule has 0 N–H and O–H groups in total. The van der Waals surface area contributed by atoms with Crippen molar-refractivity contribution in [3.8, 4) is 0 Å². The lowest BCUT2D eigenvalue weighted by atomic mass is 10.1. The van der Waals surface area contributed by atoms with Gasteiger partial charge in [-0.25, -0.2) is 4.68 Å². The third kappa shape index (κ3) is 2.35. The van der Waals surface area contributed by atoms with E-state index in [2.05, 4.69) is 41.5 Å². The summed E-state index contributed by atoms with van der Waals surface area (Å²) >= 11 is 8.08. The van der Waals surface area contributed by atoms with Crippen molar-refractivity contribution >= 4 is 34.2 Å². The van der Waals surface area contributed by atoms with E-state index in [1.807, 2.05) is 4.68 Å². The van der Waals surface area contributed by atoms with Gasteiger partial charge in [-0.2, -0.15) is 5.10 Å². The molecule has 0 radical (unpaired) electrons. The minimum absolute atomic E-state index is 0.154. The van der Waals surface area contributed by atoms with Crippen LogP contribution in [0, 0.1) is 3.70 Å². The zero-order valence-corrected chi connectivity index (χ0v) is 10.8. The Morgan fingerprint density at radius 2 is 2.31 bits per heavy atom. The summed E-state index contributed by atoms with van der Waals surface area (Å²) in [4.78, 5) is 0. The normalized spacial score (nSPS) is 12.1. The predicted octanol–water partition coefficient (Wildman–Crippen LogP) is 2.52. The second-order valence-electron chi connectivity index (χ2n) is 3.44. The Kier molecular flexibility index (Phi) is 3.59. The number of methoxy groups -OCH3 is 1. The maximum Gasteiger partial charge on any atom is 0.118 e. The average molecular weight is 315 g/mol. The summed E-state index contributed by atoms with van der Waals surface area (Å²) < 4.78 is 7.94. The van der Waals surface area contributed by atoms with Crippen LogP contribution >= 0.6 is 34.2 Å². The smallest absolute Gasteiger partial charge is 0.118 e. The van der Waals surface area contributed by atoms with Gasteiger partial charge >= 0.3 is 0 Å². The van der Waals surface area contributed by atoms with E-state index in [1.165, 1.54) is 0 Å². The van der Waals surface area contributed by atoms with E-state index >= 15 is 0 Å². The highest BCUT2D eigenvalue weighted by Gasteiger charge is 2.24. The van der Waals surface area contributed by atoms with Crippen molar-refractivity contribution in [1.29, 1.82) is 0 Å². The standard InChI is InChI=1S/C8H12ClIN2O/c1-8(2,5-13-3)12-7(10)6(9)4-11-12/h4H,5H2,1-3H3. The Labute approximate surface area is 96.5 Å². The Morgan fingerprint density at radius 1 is 1.69 bits per heavy atom. The third-order valence-electron chi connectivity index (χ3n) is 1.74. The first kappa shape index (κ1) is 11.3. The highest BCUT2D eigenvalue weighted by atomic mass is 127. The molecule has 0 spiro atoms. The van der Waals surface area contributed by atoms with Crippen molar-refractivity contribution < 1.29 is 4.74 Å². The molecule has 0 atom stereocenters. The van der Waals surface area contributed by atoms with Gasteiger partial charge in [-0.15, -0.1) is 0 Å². The molecule has 0 fully saturated rings. The lowest BCUT2D eigenvalue weighted by Crippen LogP contribution is -2.33. The van der Waals surface area contributed by atoms with Gasteiger partial charge < -0.3 is 4.74 Å². The van der Waals surface area contributed by atoms with Gasteiger partial charge in [0.05, 0.1) is 23.4 Å². The van der Waals surface area contributed by atoms with E-state index in [-0.39, 0.29) is 5.54 Å². The third-order valence-corrected chi connectivity index (χ3v) is 3.37. The first-order valence-corrected chi connectivity index (χ1v) is 5.33. The van der Waals surface area contributed by atoms with Crippen LogP contribution in [0.3, 0.4) is 0 Å². The molecule has 1 heterocycles. The molecule has 0 aromatic carbocycles. The summed E-state index contributed by atoms with van der Waals surface area (Å²) in [5.41, 5.74) is -0.154. The second-order valence-corrected chi connectivity index (χ2v) is 4.87. The molecule has 0 unspecified atom stereocenters. The molecule has 0 saturated carbocycles. The van der Waals surface area contributed by atoms with Crippen molar-refractivity contribution in [3.63, 3.8) is 0 Å². The van der Waals surface area contributed by atoms with E-state index in [1.54, 1.807) is 13.3 Å². The van der Waals surface area contributed by atoms with E-state index in [0.29, 0.717) is 11.6 Å². The fraction of sp³-hybridized carbons (Fsp3) is 0.625. The minimum atomic E-state index is -0.154. The molecule has 0 saturated heterocycles. The second kappa shape index (κ2) is 4.14. The van der Waals surface area contributed by atoms with E-state index in [9.17, 15) is 0 Å². The first-order valence-electron chi connectivity index (χ1n) is 3.87. The van der Waals surface area contributed by atoms with Crippen LogP contribution in [0.1, 0.15) is 13.8 Å². The number of aromatic nitrogens is 2. The zero-order valence-electron chi connectivity index (χ0n) is 7.84. The van der Waals surface area contributed by atoms with Crippen LogP contribution in [0.2, 0.25) is 5.02 Å². The van der Waals surface area contributed by atoms with Crippen LogP contribution < -0.4 is 0 Å². The van der Waals surface area contributed by atoms with Crippen molar-refractivity contribution in [2.24, 2.45) is 0 Å². The molecule has 0 aliphatic carbocycles. The summed E-state index contributed by atoms with van der Waals surface area (Å²) in [5, 5.41) is 4.89. The van der Waals surface area contributed by atoms with Gasteiger partial charge in [0.1, 0.15) is 3.70 Å². The Bertz CT molecular complexity index is 298. The lowest BCUT2D eigenvalue weighted by molar-refractivity contribution is 0.0996. The first-order chi connectivity index (χ1) is 5.99. The van der Waals surface area contributed by atoms with Crippen LogP contribution in [0.5, 0.6) is 0 Å². The minimum Gasteiger partial charge on any atom is -0.382 e. The number of ether oxygens (including phenoxy) is 1. The summed E-state index contributed by atoms with van der Waals surface area (Å²) in [6.45, 7) is 4.73. The maximum atomic E-state index is 5.90. The highest BCUT2D eigenvalue weighted by molar-refractivity contribution is 14.1. The van der Waals surface area contributed by atoms with E-state index < -0.39 is 0 Å². The molecule has 13 heavy (non-hydrogen) atoms. The van der Waals surface area contributed by atoms with Crippen molar-refractivity contribution in [1.82, 2.24) is 9.78 Å². The number of nitrogens with zero attached hydrogens (tertiary/aromatic N) is 2. The van der Waals surface area contributed by atoms with Crippen molar-refractivity contribution in [2.75, 3.05) is 13.7 Å². The number of hydrogen-bond donors (Lipinski definition) is 0. The van der Waals surface area contributed by atoms with Gasteiger partial charge in [-0.05, 0) is 36.4 Å². The van der Waals surface area contributed by atoms with Gasteiger partial charge in [0.2, 0.25) is 0 Å². The zero-order chi connectivity index (χ0) is 10.1. The van der Waals surface area contributed by atoms with Crippen LogP contribution in [0.25, 0.3) is 0 Å². The molecular formula is C8H12ClIN2O. The van der Waals surface area contributed by atoms with E-state index in [4.69, 9.17) is 16.3 Å². The molecule has 0 bridgehead atoms. The predicted molar refractivity (Wildman–Crippen MR) is 61.2 cm³/mol. The van der Waals surface area contributed by atoms with Gasteiger partial charge in [0.25, 0.3) is 0 Å². The maximum absolute atomic E-state index is 5.90. The Morgan fingerprint density at radius 3 is 2.69 bits per heavy atom. The molecule has 0 aliphatic rings. The lowest BCUT2D eigenvalue weighted by Gasteiger charge is -2.25. The molecule has 0 aliphatic heterocycles. The topological polar surface area (TPSA) is 27.1 Å². The molecule has 1 aromatic rings. The molecule has 3 nitrogen and oxygen atoms in total. The molecule has 74 valence electrons. The molecule has 1 aromatic heterocycles. The number of rotatable bonds is 3. The van der Waals surface area contributed by atoms with Crippen molar-refractivity contribution in [3.05, 3.63) is 14.9 Å².